The van der Waals surface area contributed by atoms with Crippen molar-refractivity contribution in [3.63, 3.8) is 0 Å². The van der Waals surface area contributed by atoms with E-state index in [-0.39, 0.29) is 0 Å². The highest BCUT2D eigenvalue weighted by atomic mass is 16.5. The highest BCUT2D eigenvalue weighted by Gasteiger charge is 2.07. The second-order valence-corrected chi connectivity index (χ2v) is 4.77. The van der Waals surface area contributed by atoms with Crippen LogP contribution in [0.4, 0.5) is 0 Å². The van der Waals surface area contributed by atoms with Crippen LogP contribution < -0.4 is 5.32 Å². The fourth-order valence-corrected chi connectivity index (χ4v) is 2.13. The maximum Gasteiger partial charge on any atom is 0.0593 e. The summed E-state index contributed by atoms with van der Waals surface area (Å²) in [7, 11) is 2.05. The maximum absolute atomic E-state index is 5.45. The lowest BCUT2D eigenvalue weighted by molar-refractivity contribution is 0.0817. The van der Waals surface area contributed by atoms with Crippen molar-refractivity contribution in [1.82, 2.24) is 10.2 Å². The molecular weight excluding hydrogens is 240 g/mol. The van der Waals surface area contributed by atoms with Crippen molar-refractivity contribution in [3.8, 4) is 0 Å². The van der Waals surface area contributed by atoms with Crippen LogP contribution in [0.1, 0.15) is 40.0 Å². The molecule has 0 heterocycles. The van der Waals surface area contributed by atoms with E-state index < -0.39 is 0 Å². The molecule has 0 amide bonds. The molecule has 0 aliphatic carbocycles. The lowest BCUT2D eigenvalue weighted by Gasteiger charge is -2.23. The Kier molecular flexibility index (Phi) is 14.1. The molecule has 19 heavy (non-hydrogen) atoms. The van der Waals surface area contributed by atoms with Gasteiger partial charge in [0.15, 0.2) is 0 Å². The smallest absolute Gasteiger partial charge is 0.0593 e. The largest absolute Gasteiger partial charge is 0.380 e. The van der Waals surface area contributed by atoms with Crippen LogP contribution in [0.25, 0.3) is 0 Å². The van der Waals surface area contributed by atoms with Gasteiger partial charge in [0, 0.05) is 32.3 Å². The van der Waals surface area contributed by atoms with Crippen molar-refractivity contribution in [1.29, 1.82) is 0 Å². The van der Waals surface area contributed by atoms with Crippen LogP contribution >= 0.6 is 0 Å². The molecule has 1 atom stereocenters. The predicted octanol–water partition coefficient (Wildman–Crippen LogP) is 2.14. The molecule has 0 aliphatic heterocycles. The van der Waals surface area contributed by atoms with Crippen molar-refractivity contribution < 1.29 is 9.47 Å². The van der Waals surface area contributed by atoms with Gasteiger partial charge in [0.2, 0.25) is 0 Å². The molecule has 1 N–H and O–H groups in total. The van der Waals surface area contributed by atoms with Crippen molar-refractivity contribution in [3.05, 3.63) is 0 Å². The van der Waals surface area contributed by atoms with Gasteiger partial charge in [-0.3, -0.25) is 4.90 Å². The summed E-state index contributed by atoms with van der Waals surface area (Å²) in [4.78, 5) is 2.45. The van der Waals surface area contributed by atoms with Gasteiger partial charge in [-0.15, -0.1) is 0 Å². The van der Waals surface area contributed by atoms with Crippen LogP contribution in [0, 0.1) is 0 Å². The quantitative estimate of drug-likeness (QED) is 0.492. The summed E-state index contributed by atoms with van der Waals surface area (Å²) in [5.74, 6) is 0. The molecule has 0 bridgehead atoms. The minimum absolute atomic E-state index is 0.653. The summed E-state index contributed by atoms with van der Waals surface area (Å²) >= 11 is 0. The highest BCUT2D eigenvalue weighted by molar-refractivity contribution is 4.65. The standard InChI is InChI=1S/C15H34N2O2/c1-5-15(16-4)9-8-10-17(11-13-18-6-2)12-14-19-7-3/h15-16H,5-14H2,1-4H3. The number of hydrogen-bond donors (Lipinski definition) is 1. The average Bonchev–Trinajstić information content (AvgIpc) is 2.43. The van der Waals surface area contributed by atoms with Gasteiger partial charge < -0.3 is 14.8 Å². The van der Waals surface area contributed by atoms with Crippen molar-refractivity contribution in [2.24, 2.45) is 0 Å². The van der Waals surface area contributed by atoms with Gasteiger partial charge in [-0.2, -0.15) is 0 Å². The third kappa shape index (κ3) is 11.4. The van der Waals surface area contributed by atoms with E-state index in [9.17, 15) is 0 Å². The Morgan fingerprint density at radius 3 is 1.95 bits per heavy atom. The van der Waals surface area contributed by atoms with Crippen molar-refractivity contribution in [2.75, 3.05) is 53.1 Å². The van der Waals surface area contributed by atoms with Crippen LogP contribution in [0.15, 0.2) is 0 Å². The van der Waals surface area contributed by atoms with E-state index in [0.717, 1.165) is 46.1 Å². The molecule has 0 rings (SSSR count). The monoisotopic (exact) mass is 274 g/mol. The Labute approximate surface area is 119 Å². The second kappa shape index (κ2) is 14.3. The van der Waals surface area contributed by atoms with Crippen molar-refractivity contribution in [2.45, 2.75) is 46.1 Å². The fraction of sp³-hybridized carbons (Fsp3) is 1.00. The summed E-state index contributed by atoms with van der Waals surface area (Å²) in [5.41, 5.74) is 0. The molecule has 4 heteroatoms. The molecule has 0 saturated heterocycles. The van der Waals surface area contributed by atoms with Gasteiger partial charge in [0.1, 0.15) is 0 Å². The van der Waals surface area contributed by atoms with Crippen LogP contribution in [-0.4, -0.2) is 64.1 Å². The lowest BCUT2D eigenvalue weighted by atomic mass is 10.1. The third-order valence-corrected chi connectivity index (χ3v) is 3.44. The third-order valence-electron chi connectivity index (χ3n) is 3.44. The maximum atomic E-state index is 5.45. The number of hydrogen-bond acceptors (Lipinski definition) is 4. The zero-order chi connectivity index (χ0) is 14.3. The van der Waals surface area contributed by atoms with Gasteiger partial charge in [0.25, 0.3) is 0 Å². The Morgan fingerprint density at radius 1 is 0.947 bits per heavy atom. The Hall–Kier alpha value is -0.160. The Bertz CT molecular complexity index is 166. The van der Waals surface area contributed by atoms with Gasteiger partial charge in [-0.1, -0.05) is 6.92 Å². The number of rotatable bonds is 14. The summed E-state index contributed by atoms with van der Waals surface area (Å²) in [6.45, 7) is 12.7. The van der Waals surface area contributed by atoms with E-state index in [1.54, 1.807) is 0 Å². The topological polar surface area (TPSA) is 33.7 Å². The fourth-order valence-electron chi connectivity index (χ4n) is 2.13. The molecule has 0 aromatic carbocycles. The van der Waals surface area contributed by atoms with E-state index in [1.807, 2.05) is 13.8 Å². The van der Waals surface area contributed by atoms with E-state index >= 15 is 0 Å². The molecule has 1 unspecified atom stereocenters. The number of nitrogens with zero attached hydrogens (tertiary/aromatic N) is 1. The second-order valence-electron chi connectivity index (χ2n) is 4.77. The normalized spacial score (nSPS) is 13.1. The summed E-state index contributed by atoms with van der Waals surface area (Å²) in [5, 5.41) is 3.36. The zero-order valence-corrected chi connectivity index (χ0v) is 13.4. The molecule has 0 aromatic rings. The zero-order valence-electron chi connectivity index (χ0n) is 13.4. The van der Waals surface area contributed by atoms with E-state index in [1.165, 1.54) is 19.3 Å². The first-order chi connectivity index (χ1) is 9.28. The number of ether oxygens (including phenoxy) is 2. The van der Waals surface area contributed by atoms with Crippen LogP contribution in [0.3, 0.4) is 0 Å². The summed E-state index contributed by atoms with van der Waals surface area (Å²) < 4.78 is 10.9. The molecule has 4 nitrogen and oxygen atoms in total. The summed E-state index contributed by atoms with van der Waals surface area (Å²) in [6, 6.07) is 0.653. The lowest BCUT2D eigenvalue weighted by Crippen LogP contribution is -2.33. The molecule has 0 spiro atoms. The highest BCUT2D eigenvalue weighted by Crippen LogP contribution is 2.03. The van der Waals surface area contributed by atoms with Crippen LogP contribution in [-0.2, 0) is 9.47 Å². The average molecular weight is 274 g/mol. The van der Waals surface area contributed by atoms with Gasteiger partial charge >= 0.3 is 0 Å². The molecular formula is C15H34N2O2. The van der Waals surface area contributed by atoms with E-state index in [2.05, 4.69) is 24.2 Å². The first-order valence-corrected chi connectivity index (χ1v) is 7.83. The van der Waals surface area contributed by atoms with Crippen LogP contribution in [0.5, 0.6) is 0 Å². The minimum atomic E-state index is 0.653. The van der Waals surface area contributed by atoms with E-state index in [4.69, 9.17) is 9.47 Å². The Balaban J connectivity index is 3.81. The van der Waals surface area contributed by atoms with Gasteiger partial charge in [0.05, 0.1) is 13.2 Å². The SMILES string of the molecule is CCOCCN(CCCC(CC)NC)CCOCC. The minimum Gasteiger partial charge on any atom is -0.380 e. The first kappa shape index (κ1) is 18.8. The molecule has 0 fully saturated rings. The first-order valence-electron chi connectivity index (χ1n) is 7.83. The predicted molar refractivity (Wildman–Crippen MR) is 81.8 cm³/mol. The van der Waals surface area contributed by atoms with Gasteiger partial charge in [-0.25, -0.2) is 0 Å². The van der Waals surface area contributed by atoms with Gasteiger partial charge in [-0.05, 0) is 46.7 Å². The Morgan fingerprint density at radius 2 is 1.53 bits per heavy atom. The molecule has 0 aliphatic rings. The molecule has 116 valence electrons. The summed E-state index contributed by atoms with van der Waals surface area (Å²) in [6.07, 6.45) is 3.68. The molecule has 0 saturated carbocycles. The molecule has 0 radical (unpaired) electrons. The van der Waals surface area contributed by atoms with Crippen LogP contribution in [0.2, 0.25) is 0 Å². The number of nitrogens with one attached hydrogen (secondary N) is 1. The van der Waals surface area contributed by atoms with Crippen molar-refractivity contribution >= 4 is 0 Å². The van der Waals surface area contributed by atoms with E-state index in [0.29, 0.717) is 6.04 Å². The molecule has 0 aromatic heterocycles.